The van der Waals surface area contributed by atoms with Crippen LogP contribution in [0.3, 0.4) is 0 Å². The Bertz CT molecular complexity index is 1940. The topological polar surface area (TPSA) is 200 Å². The van der Waals surface area contributed by atoms with Crippen molar-refractivity contribution in [2.24, 2.45) is 10.8 Å². The van der Waals surface area contributed by atoms with Crippen LogP contribution in [0.5, 0.6) is 0 Å². The first-order valence-corrected chi connectivity index (χ1v) is 27.3. The minimum atomic E-state index is -0.720. The first-order chi connectivity index (χ1) is 33.5. The van der Waals surface area contributed by atoms with Crippen molar-refractivity contribution < 1.29 is 38.2 Å². The molecule has 6 rings (SSSR count). The molecule has 0 saturated carbocycles. The van der Waals surface area contributed by atoms with Gasteiger partial charge in [-0.1, -0.05) is 101 Å². The van der Waals surface area contributed by atoms with Crippen LogP contribution < -0.4 is 31.9 Å². The zero-order chi connectivity index (χ0) is 50.6. The van der Waals surface area contributed by atoms with E-state index < -0.39 is 59.2 Å². The van der Waals surface area contributed by atoms with Crippen LogP contribution in [0.4, 0.5) is 0 Å². The van der Waals surface area contributed by atoms with Gasteiger partial charge in [0.05, 0.1) is 48.1 Å². The van der Waals surface area contributed by atoms with Gasteiger partial charge < -0.3 is 51.2 Å². The Kier molecular flexibility index (Phi) is 20.0. The highest BCUT2D eigenvalue weighted by molar-refractivity contribution is 8.00. The van der Waals surface area contributed by atoms with E-state index in [0.717, 1.165) is 36.8 Å². The molecule has 0 aliphatic carbocycles. The molecule has 2 unspecified atom stereocenters. The molecule has 2 aromatic rings. The van der Waals surface area contributed by atoms with Gasteiger partial charge in [0.1, 0.15) is 24.2 Å². The van der Waals surface area contributed by atoms with Crippen LogP contribution in [0.25, 0.3) is 0 Å². The third kappa shape index (κ3) is 13.8. The Hall–Kier alpha value is -4.20. The van der Waals surface area contributed by atoms with Gasteiger partial charge in [-0.15, -0.1) is 23.5 Å². The van der Waals surface area contributed by atoms with Gasteiger partial charge in [0, 0.05) is 13.2 Å². The SMILES string of the molecule is CN[C@@H](C)C(=O)N[C@@H]1CCSC2CC(C)(C)[C@H](C(=O)N[C@@H](COCCCCCCOC[C@@H](NC(=O)[C@H]3N4C(=O)[C@@H](NC(=O)[C@@H](C)NC)CCSC4CC3(C)C)c3ccccc3)c3ccccc3)N2C1=O. The highest BCUT2D eigenvalue weighted by Crippen LogP contribution is 2.48. The fraction of sp³-hybridized carbons (Fsp3) is 0.654. The number of benzene rings is 2. The van der Waals surface area contributed by atoms with Crippen LogP contribution in [-0.2, 0) is 38.2 Å². The van der Waals surface area contributed by atoms with Crippen LogP contribution in [0.15, 0.2) is 60.7 Å². The summed E-state index contributed by atoms with van der Waals surface area (Å²) < 4.78 is 12.4. The predicted octanol–water partition coefficient (Wildman–Crippen LogP) is 4.66. The van der Waals surface area contributed by atoms with E-state index in [2.05, 4.69) is 31.9 Å². The molecule has 4 aliphatic heterocycles. The first-order valence-electron chi connectivity index (χ1n) is 25.2. The second-order valence-corrected chi connectivity index (χ2v) is 23.1. The average molecular weight is 1010 g/mol. The maximum Gasteiger partial charge on any atom is 0.246 e. The third-order valence-corrected chi connectivity index (χ3v) is 16.8. The lowest BCUT2D eigenvalue weighted by Gasteiger charge is -2.35. The van der Waals surface area contributed by atoms with E-state index in [1.165, 1.54) is 0 Å². The number of carbonyl (C=O) groups is 6. The smallest absolute Gasteiger partial charge is 0.246 e. The van der Waals surface area contributed by atoms with Crippen molar-refractivity contribution in [3.05, 3.63) is 71.8 Å². The van der Waals surface area contributed by atoms with Gasteiger partial charge >= 0.3 is 0 Å². The Labute approximate surface area is 423 Å². The molecule has 4 heterocycles. The van der Waals surface area contributed by atoms with Crippen molar-refractivity contribution in [2.75, 3.05) is 52.0 Å². The quantitative estimate of drug-likeness (QED) is 0.0844. The molecule has 18 heteroatoms. The standard InChI is InChI=1S/C52H78N8O8S2/c1-33(53-7)45(61)55-37-23-27-69-41-29-51(3,4)43(59(41)49(37)65)47(63)57-39(35-19-13-11-14-20-35)31-67-25-17-9-10-18-26-68-32-40(36-21-15-12-16-22-36)58-48(64)44-52(5,6)30-42-60(44)50(66)38(24-28-70-42)56-46(62)34(2)54-8/h11-16,19-22,33-34,37-44,53-54H,9-10,17-18,23-32H2,1-8H3,(H,55,61)(H,56,62)(H,57,63)(H,58,64)/t33-,34+,37+,38-,39-,40+,41?,42?,43-,44+. The summed E-state index contributed by atoms with van der Waals surface area (Å²) in [5, 5.41) is 17.9. The molecule has 4 saturated heterocycles. The number of nitrogens with one attached hydrogen (secondary N) is 6. The summed E-state index contributed by atoms with van der Waals surface area (Å²) in [6.07, 6.45) is 5.80. The molecule has 0 bridgehead atoms. The van der Waals surface area contributed by atoms with Crippen LogP contribution in [0, 0.1) is 10.8 Å². The summed E-state index contributed by atoms with van der Waals surface area (Å²) >= 11 is 3.34. The molecule has 4 fully saturated rings. The van der Waals surface area contributed by atoms with Gasteiger partial charge in [-0.25, -0.2) is 0 Å². The maximum atomic E-state index is 14.4. The Morgan fingerprint density at radius 1 is 0.614 bits per heavy atom. The van der Waals surface area contributed by atoms with Gasteiger partial charge in [-0.3, -0.25) is 28.8 Å². The lowest BCUT2D eigenvalue weighted by molar-refractivity contribution is -0.144. The van der Waals surface area contributed by atoms with Crippen molar-refractivity contribution in [2.45, 2.75) is 152 Å². The van der Waals surface area contributed by atoms with E-state index in [1.807, 2.05) is 88.4 Å². The summed E-state index contributed by atoms with van der Waals surface area (Å²) in [6.45, 7) is 13.2. The molecule has 386 valence electrons. The van der Waals surface area contributed by atoms with Gasteiger partial charge in [0.2, 0.25) is 35.4 Å². The van der Waals surface area contributed by atoms with Gasteiger partial charge in [0.15, 0.2) is 0 Å². The average Bonchev–Trinajstić information content (AvgIpc) is 3.66. The maximum absolute atomic E-state index is 14.4. The number of fused-ring (bicyclic) bond motifs is 2. The Morgan fingerprint density at radius 3 is 1.34 bits per heavy atom. The van der Waals surface area contributed by atoms with E-state index in [4.69, 9.17) is 9.47 Å². The lowest BCUT2D eigenvalue weighted by atomic mass is 9.83. The summed E-state index contributed by atoms with van der Waals surface area (Å²) in [6, 6.07) is 14.9. The molecule has 0 radical (unpaired) electrons. The van der Waals surface area contributed by atoms with E-state index in [0.29, 0.717) is 50.4 Å². The Morgan fingerprint density at radius 2 is 0.986 bits per heavy atom. The number of carbonyl (C=O) groups excluding carboxylic acids is 6. The molecule has 0 spiro atoms. The second kappa shape index (κ2) is 25.5. The molecular formula is C52H78N8O8S2. The number of thioether (sulfide) groups is 2. The number of hydrogen-bond acceptors (Lipinski definition) is 12. The zero-order valence-corrected chi connectivity index (χ0v) is 44.1. The number of rotatable bonds is 23. The van der Waals surface area contributed by atoms with E-state index in [9.17, 15) is 28.8 Å². The van der Waals surface area contributed by atoms with Crippen molar-refractivity contribution in [1.82, 2.24) is 41.7 Å². The number of ether oxygens (including phenoxy) is 2. The number of likely N-dealkylation sites (N-methyl/N-ethyl adjacent to an activating group) is 2. The Balaban J connectivity index is 0.978. The number of amides is 6. The normalized spacial score (nSPS) is 25.6. The molecule has 6 N–H and O–H groups in total. The zero-order valence-electron chi connectivity index (χ0n) is 42.4. The fourth-order valence-corrected chi connectivity index (χ4v) is 13.2. The van der Waals surface area contributed by atoms with Crippen molar-refractivity contribution in [1.29, 1.82) is 0 Å². The van der Waals surface area contributed by atoms with Gasteiger partial charge in [0.25, 0.3) is 0 Å². The fourth-order valence-electron chi connectivity index (χ4n) is 10.0. The minimum absolute atomic E-state index is 0.163. The number of hydrogen-bond donors (Lipinski definition) is 6. The van der Waals surface area contributed by atoms with Crippen LogP contribution in [0.2, 0.25) is 0 Å². The molecule has 6 amide bonds. The third-order valence-electron chi connectivity index (χ3n) is 14.3. The molecule has 0 aromatic heterocycles. The van der Waals surface area contributed by atoms with Gasteiger partial charge in [-0.05, 0) is 99.9 Å². The number of nitrogens with zero attached hydrogens (tertiary/aromatic N) is 2. The lowest BCUT2D eigenvalue weighted by Crippen LogP contribution is -2.58. The van der Waals surface area contributed by atoms with Gasteiger partial charge in [-0.2, -0.15) is 0 Å². The summed E-state index contributed by atoms with van der Waals surface area (Å²) in [4.78, 5) is 86.1. The molecule has 10 atom stereocenters. The largest absolute Gasteiger partial charge is 0.379 e. The van der Waals surface area contributed by atoms with E-state index in [1.54, 1.807) is 61.3 Å². The summed E-state index contributed by atoms with van der Waals surface area (Å²) in [5.41, 5.74) is 0.831. The van der Waals surface area contributed by atoms with Crippen molar-refractivity contribution in [3.8, 4) is 0 Å². The summed E-state index contributed by atoms with van der Waals surface area (Å²) in [5.74, 6) is -0.00348. The van der Waals surface area contributed by atoms with E-state index >= 15 is 0 Å². The highest BCUT2D eigenvalue weighted by Gasteiger charge is 2.56. The van der Waals surface area contributed by atoms with Crippen LogP contribution in [-0.4, -0.2) is 144 Å². The molecule has 2 aromatic carbocycles. The monoisotopic (exact) mass is 1010 g/mol. The predicted molar refractivity (Wildman–Crippen MR) is 275 cm³/mol. The highest BCUT2D eigenvalue weighted by atomic mass is 32.2. The molecule has 16 nitrogen and oxygen atoms in total. The van der Waals surface area contributed by atoms with E-state index in [-0.39, 0.29) is 59.4 Å². The molecule has 4 aliphatic rings. The second-order valence-electron chi connectivity index (χ2n) is 20.6. The van der Waals surface area contributed by atoms with Crippen LogP contribution in [0.1, 0.15) is 116 Å². The first kappa shape index (κ1) is 55.1. The van der Waals surface area contributed by atoms with Crippen molar-refractivity contribution in [3.63, 3.8) is 0 Å². The van der Waals surface area contributed by atoms with Crippen LogP contribution >= 0.6 is 23.5 Å². The summed E-state index contributed by atoms with van der Waals surface area (Å²) in [7, 11) is 3.41. The minimum Gasteiger partial charge on any atom is -0.379 e. The number of unbranched alkanes of at least 4 members (excludes halogenated alkanes) is 3. The van der Waals surface area contributed by atoms with Crippen molar-refractivity contribution >= 4 is 59.0 Å². The molecular weight excluding hydrogens is 929 g/mol. The molecule has 70 heavy (non-hydrogen) atoms.